The maximum absolute atomic E-state index is 5.97. The fourth-order valence-corrected chi connectivity index (χ4v) is 4.91. The number of rotatable bonds is 3. The molecule has 5 heteroatoms. The van der Waals surface area contributed by atoms with E-state index in [1.807, 2.05) is 23.9 Å². The first-order valence-electron chi connectivity index (χ1n) is 6.25. The van der Waals surface area contributed by atoms with E-state index in [2.05, 4.69) is 56.1 Å². The molecule has 0 saturated carbocycles. The first kappa shape index (κ1) is 14.3. The highest BCUT2D eigenvalue weighted by atomic mass is 79.9. The average Bonchev–Trinajstić information content (AvgIpc) is 2.80. The zero-order valence-electron chi connectivity index (χ0n) is 10.6. The molecule has 1 aliphatic heterocycles. The van der Waals surface area contributed by atoms with Crippen LogP contribution in [0, 0.1) is 0 Å². The van der Waals surface area contributed by atoms with Gasteiger partial charge in [-0.1, -0.05) is 18.2 Å². The van der Waals surface area contributed by atoms with Gasteiger partial charge < -0.3 is 10.5 Å². The zero-order valence-corrected chi connectivity index (χ0v) is 14.6. The molecule has 1 unspecified atom stereocenters. The molecule has 0 aliphatic carbocycles. The Hall–Kier alpha value is -0.650. The summed E-state index contributed by atoms with van der Waals surface area (Å²) in [5, 5.41) is 0.462. The van der Waals surface area contributed by atoms with E-state index in [0.29, 0.717) is 17.5 Å². The summed E-state index contributed by atoms with van der Waals surface area (Å²) in [6.45, 7) is 0.681. The maximum Gasteiger partial charge on any atom is 0.147 e. The normalized spacial score (nSPS) is 17.0. The Morgan fingerprint density at radius 2 is 1.90 bits per heavy atom. The number of nitrogens with two attached hydrogens (primary N) is 1. The standard InChI is InChI=1S/C15H13Br2NOS/c16-12-6-10(18)7-13(17)15(12)19-8-11-5-9-3-1-2-4-14(9)20-11/h1-4,6-7,11H,5,8,18H2. The van der Waals surface area contributed by atoms with Crippen molar-refractivity contribution < 1.29 is 4.74 Å². The molecular formula is C15H13Br2NOS. The molecule has 104 valence electrons. The van der Waals surface area contributed by atoms with Crippen LogP contribution in [0.25, 0.3) is 0 Å². The number of halogens is 2. The number of nitrogen functional groups attached to an aromatic ring is 1. The number of fused-ring (bicyclic) bond motifs is 1. The van der Waals surface area contributed by atoms with E-state index < -0.39 is 0 Å². The molecule has 0 fully saturated rings. The summed E-state index contributed by atoms with van der Waals surface area (Å²) >= 11 is 8.88. The molecule has 0 bridgehead atoms. The fourth-order valence-electron chi connectivity index (χ4n) is 2.24. The highest BCUT2D eigenvalue weighted by Gasteiger charge is 2.23. The van der Waals surface area contributed by atoms with Crippen molar-refractivity contribution in [2.45, 2.75) is 16.6 Å². The van der Waals surface area contributed by atoms with Crippen molar-refractivity contribution >= 4 is 49.3 Å². The third-order valence-electron chi connectivity index (χ3n) is 3.15. The highest BCUT2D eigenvalue weighted by Crippen LogP contribution is 2.39. The van der Waals surface area contributed by atoms with Gasteiger partial charge in [-0.05, 0) is 62.0 Å². The van der Waals surface area contributed by atoms with Gasteiger partial charge in [0.1, 0.15) is 12.4 Å². The van der Waals surface area contributed by atoms with Crippen molar-refractivity contribution in [3.63, 3.8) is 0 Å². The lowest BCUT2D eigenvalue weighted by molar-refractivity contribution is 0.314. The number of ether oxygens (including phenoxy) is 1. The lowest BCUT2D eigenvalue weighted by atomic mass is 10.1. The van der Waals surface area contributed by atoms with Gasteiger partial charge in [0.25, 0.3) is 0 Å². The molecule has 2 aromatic carbocycles. The van der Waals surface area contributed by atoms with Gasteiger partial charge in [-0.3, -0.25) is 0 Å². The van der Waals surface area contributed by atoms with E-state index in [1.165, 1.54) is 10.5 Å². The van der Waals surface area contributed by atoms with Crippen LogP contribution in [0.5, 0.6) is 5.75 Å². The lowest BCUT2D eigenvalue weighted by Gasteiger charge is -2.14. The SMILES string of the molecule is Nc1cc(Br)c(OCC2Cc3ccccc3S2)c(Br)c1. The third-order valence-corrected chi connectivity index (χ3v) is 5.61. The Balaban J connectivity index is 1.67. The Kier molecular flexibility index (Phi) is 4.29. The van der Waals surface area contributed by atoms with Crippen molar-refractivity contribution in [1.82, 2.24) is 0 Å². The Morgan fingerprint density at radius 1 is 1.20 bits per heavy atom. The molecule has 0 spiro atoms. The summed E-state index contributed by atoms with van der Waals surface area (Å²) in [6.07, 6.45) is 1.06. The first-order valence-corrected chi connectivity index (χ1v) is 8.72. The monoisotopic (exact) mass is 413 g/mol. The van der Waals surface area contributed by atoms with Gasteiger partial charge in [0.2, 0.25) is 0 Å². The molecule has 3 rings (SSSR count). The largest absolute Gasteiger partial charge is 0.490 e. The van der Waals surface area contributed by atoms with E-state index in [1.54, 1.807) is 0 Å². The van der Waals surface area contributed by atoms with Gasteiger partial charge in [-0.15, -0.1) is 11.8 Å². The zero-order chi connectivity index (χ0) is 14.1. The van der Waals surface area contributed by atoms with Crippen LogP contribution in [0.2, 0.25) is 0 Å². The molecule has 1 heterocycles. The quantitative estimate of drug-likeness (QED) is 0.726. The van der Waals surface area contributed by atoms with Gasteiger partial charge >= 0.3 is 0 Å². The minimum Gasteiger partial charge on any atom is -0.490 e. The maximum atomic E-state index is 5.97. The number of hydrogen-bond acceptors (Lipinski definition) is 3. The summed E-state index contributed by atoms with van der Waals surface area (Å²) in [6, 6.07) is 12.3. The van der Waals surface area contributed by atoms with Crippen LogP contribution in [0.3, 0.4) is 0 Å². The van der Waals surface area contributed by atoms with E-state index in [0.717, 1.165) is 21.1 Å². The van der Waals surface area contributed by atoms with Crippen molar-refractivity contribution in [2.75, 3.05) is 12.3 Å². The molecule has 2 nitrogen and oxygen atoms in total. The van der Waals surface area contributed by atoms with Crippen molar-refractivity contribution in [2.24, 2.45) is 0 Å². The van der Waals surface area contributed by atoms with Gasteiger partial charge in [0.15, 0.2) is 0 Å². The highest BCUT2D eigenvalue weighted by molar-refractivity contribution is 9.11. The summed E-state index contributed by atoms with van der Waals surface area (Å²) in [7, 11) is 0. The van der Waals surface area contributed by atoms with Crippen LogP contribution in [0.15, 0.2) is 50.2 Å². The second-order valence-corrected chi connectivity index (χ2v) is 7.73. The fraction of sp³-hybridized carbons (Fsp3) is 0.200. The van der Waals surface area contributed by atoms with Crippen LogP contribution < -0.4 is 10.5 Å². The van der Waals surface area contributed by atoms with E-state index in [4.69, 9.17) is 10.5 Å². The molecule has 0 saturated heterocycles. The minimum atomic E-state index is 0.462. The first-order chi connectivity index (χ1) is 9.63. The predicted octanol–water partition coefficient (Wildman–Crippen LogP) is 4.89. The molecule has 2 N–H and O–H groups in total. The van der Waals surface area contributed by atoms with Gasteiger partial charge in [-0.2, -0.15) is 0 Å². The van der Waals surface area contributed by atoms with Gasteiger partial charge in [0.05, 0.1) is 8.95 Å². The molecule has 1 atom stereocenters. The van der Waals surface area contributed by atoms with E-state index >= 15 is 0 Å². The Labute approximate surface area is 139 Å². The van der Waals surface area contributed by atoms with Crippen LogP contribution in [-0.4, -0.2) is 11.9 Å². The van der Waals surface area contributed by atoms with Crippen LogP contribution >= 0.6 is 43.6 Å². The second kappa shape index (κ2) is 6.00. The number of benzene rings is 2. The number of thioether (sulfide) groups is 1. The van der Waals surface area contributed by atoms with Gasteiger partial charge in [-0.25, -0.2) is 0 Å². The van der Waals surface area contributed by atoms with Crippen molar-refractivity contribution in [1.29, 1.82) is 0 Å². The summed E-state index contributed by atoms with van der Waals surface area (Å²) in [5.74, 6) is 0.816. The number of hydrogen-bond donors (Lipinski definition) is 1. The second-order valence-electron chi connectivity index (χ2n) is 4.68. The van der Waals surface area contributed by atoms with Crippen LogP contribution in [-0.2, 0) is 6.42 Å². The van der Waals surface area contributed by atoms with E-state index in [9.17, 15) is 0 Å². The number of anilines is 1. The molecule has 0 radical (unpaired) electrons. The topological polar surface area (TPSA) is 35.2 Å². The Bertz CT molecular complexity index is 600. The molecule has 20 heavy (non-hydrogen) atoms. The average molecular weight is 415 g/mol. The van der Waals surface area contributed by atoms with Gasteiger partial charge in [0, 0.05) is 15.8 Å². The van der Waals surface area contributed by atoms with Crippen molar-refractivity contribution in [3.8, 4) is 5.75 Å². The molecule has 0 aromatic heterocycles. The lowest BCUT2D eigenvalue weighted by Crippen LogP contribution is -2.14. The van der Waals surface area contributed by atoms with Crippen molar-refractivity contribution in [3.05, 3.63) is 50.9 Å². The minimum absolute atomic E-state index is 0.462. The molecule has 2 aromatic rings. The molecular weight excluding hydrogens is 402 g/mol. The summed E-state index contributed by atoms with van der Waals surface area (Å²) < 4.78 is 7.73. The smallest absolute Gasteiger partial charge is 0.147 e. The molecule has 0 amide bonds. The predicted molar refractivity (Wildman–Crippen MR) is 91.5 cm³/mol. The van der Waals surface area contributed by atoms with Crippen LogP contribution in [0.1, 0.15) is 5.56 Å². The summed E-state index contributed by atoms with van der Waals surface area (Å²) in [4.78, 5) is 1.37. The molecule has 1 aliphatic rings. The Morgan fingerprint density at radius 3 is 2.60 bits per heavy atom. The van der Waals surface area contributed by atoms with Crippen LogP contribution in [0.4, 0.5) is 5.69 Å². The van der Waals surface area contributed by atoms with E-state index in [-0.39, 0.29) is 0 Å². The summed E-state index contributed by atoms with van der Waals surface area (Å²) in [5.41, 5.74) is 7.91. The third kappa shape index (κ3) is 3.00.